The second-order valence-corrected chi connectivity index (χ2v) is 5.71. The van der Waals surface area contributed by atoms with E-state index < -0.39 is 11.6 Å². The molecule has 24 heavy (non-hydrogen) atoms. The number of hydrogen-bond acceptors (Lipinski definition) is 3. The molecule has 8 heteroatoms. The lowest BCUT2D eigenvalue weighted by molar-refractivity contribution is 0.304. The van der Waals surface area contributed by atoms with Gasteiger partial charge in [-0.1, -0.05) is 6.07 Å². The first kappa shape index (κ1) is 20.6. The molecule has 2 aromatic rings. The van der Waals surface area contributed by atoms with E-state index in [0.717, 1.165) is 25.1 Å². The van der Waals surface area contributed by atoms with Crippen LogP contribution in [0.15, 0.2) is 40.7 Å². The monoisotopic (exact) mass is 467 g/mol. The Bertz CT molecular complexity index is 638. The molecule has 132 valence electrons. The zero-order valence-electron chi connectivity index (χ0n) is 13.2. The van der Waals surface area contributed by atoms with E-state index in [-0.39, 0.29) is 36.3 Å². The number of nitrogens with one attached hydrogen (secondary N) is 2. The van der Waals surface area contributed by atoms with Gasteiger partial charge in [0.15, 0.2) is 17.5 Å². The number of ether oxygens (including phenoxy) is 1. The van der Waals surface area contributed by atoms with Crippen molar-refractivity contribution in [2.75, 3.05) is 26.7 Å². The summed E-state index contributed by atoms with van der Waals surface area (Å²) in [5.41, 5.74) is 0. The Hall–Kier alpha value is -1.42. The molecule has 0 saturated carbocycles. The van der Waals surface area contributed by atoms with Crippen molar-refractivity contribution < 1.29 is 13.5 Å². The third-order valence-electron chi connectivity index (χ3n) is 3.01. The number of nitrogens with zero attached hydrogens (tertiary/aromatic N) is 1. The minimum Gasteiger partial charge on any atom is -0.489 e. The molecule has 0 radical (unpaired) electrons. The first-order valence-electron chi connectivity index (χ1n) is 7.24. The SMILES string of the molecule is CN=C(NCCOc1ccc(F)cc1F)NCCc1cccs1.I. The highest BCUT2D eigenvalue weighted by atomic mass is 127. The molecule has 0 saturated heterocycles. The maximum absolute atomic E-state index is 13.4. The van der Waals surface area contributed by atoms with E-state index in [1.165, 1.54) is 10.9 Å². The smallest absolute Gasteiger partial charge is 0.191 e. The second kappa shape index (κ2) is 11.2. The number of hydrogen-bond donors (Lipinski definition) is 2. The molecule has 0 amide bonds. The van der Waals surface area contributed by atoms with Gasteiger partial charge in [-0.2, -0.15) is 0 Å². The van der Waals surface area contributed by atoms with Crippen LogP contribution in [0.1, 0.15) is 4.88 Å². The molecule has 0 aliphatic carbocycles. The molecule has 0 spiro atoms. The fraction of sp³-hybridized carbons (Fsp3) is 0.312. The summed E-state index contributed by atoms with van der Waals surface area (Å²) in [5, 5.41) is 8.31. The number of halogens is 3. The third kappa shape index (κ3) is 7.00. The minimum atomic E-state index is -0.705. The molecule has 2 N–H and O–H groups in total. The van der Waals surface area contributed by atoms with Crippen LogP contribution in [0.3, 0.4) is 0 Å². The van der Waals surface area contributed by atoms with Crippen LogP contribution in [0.2, 0.25) is 0 Å². The standard InChI is InChI=1S/C16H19F2N3OS.HI/c1-19-16(20-7-6-13-3-2-10-23-13)21-8-9-22-15-5-4-12(17)11-14(15)18;/h2-5,10-11H,6-9H2,1H3,(H2,19,20,21);1H. The topological polar surface area (TPSA) is 45.7 Å². The molecule has 1 heterocycles. The lowest BCUT2D eigenvalue weighted by atomic mass is 10.3. The average molecular weight is 467 g/mol. The van der Waals surface area contributed by atoms with Crippen LogP contribution < -0.4 is 15.4 Å². The van der Waals surface area contributed by atoms with Crippen molar-refractivity contribution in [2.24, 2.45) is 4.99 Å². The zero-order chi connectivity index (χ0) is 16.5. The van der Waals surface area contributed by atoms with E-state index in [9.17, 15) is 8.78 Å². The van der Waals surface area contributed by atoms with Crippen LogP contribution in [0, 0.1) is 11.6 Å². The van der Waals surface area contributed by atoms with Gasteiger partial charge in [0.2, 0.25) is 0 Å². The van der Waals surface area contributed by atoms with Crippen molar-refractivity contribution in [3.63, 3.8) is 0 Å². The van der Waals surface area contributed by atoms with E-state index in [1.807, 2.05) is 11.4 Å². The highest BCUT2D eigenvalue weighted by molar-refractivity contribution is 14.0. The van der Waals surface area contributed by atoms with Gasteiger partial charge in [-0.25, -0.2) is 8.78 Å². The Morgan fingerprint density at radius 3 is 2.67 bits per heavy atom. The van der Waals surface area contributed by atoms with Gasteiger partial charge in [-0.15, -0.1) is 35.3 Å². The molecule has 1 aromatic carbocycles. The molecule has 0 bridgehead atoms. The summed E-state index contributed by atoms with van der Waals surface area (Å²) < 4.78 is 31.4. The Balaban J connectivity index is 0.00000288. The molecular formula is C16H20F2IN3OS. The van der Waals surface area contributed by atoms with Crippen molar-refractivity contribution in [1.82, 2.24) is 10.6 Å². The maximum atomic E-state index is 13.4. The Morgan fingerprint density at radius 2 is 2.00 bits per heavy atom. The fourth-order valence-electron chi connectivity index (χ4n) is 1.90. The van der Waals surface area contributed by atoms with E-state index in [2.05, 4.69) is 21.7 Å². The number of aliphatic imine (C=N–C) groups is 1. The summed E-state index contributed by atoms with van der Waals surface area (Å²) in [6.07, 6.45) is 0.926. The van der Waals surface area contributed by atoms with Gasteiger partial charge in [0.05, 0.1) is 6.54 Å². The lowest BCUT2D eigenvalue weighted by Crippen LogP contribution is -2.40. The van der Waals surface area contributed by atoms with Gasteiger partial charge in [-0.05, 0) is 30.0 Å². The third-order valence-corrected chi connectivity index (χ3v) is 3.95. The van der Waals surface area contributed by atoms with E-state index in [4.69, 9.17) is 4.74 Å². The Kier molecular flexibility index (Phi) is 9.62. The van der Waals surface area contributed by atoms with Crippen LogP contribution in [0.5, 0.6) is 5.75 Å². The number of guanidine groups is 1. The van der Waals surface area contributed by atoms with E-state index >= 15 is 0 Å². The molecule has 0 fully saturated rings. The van der Waals surface area contributed by atoms with E-state index in [1.54, 1.807) is 18.4 Å². The van der Waals surface area contributed by atoms with Gasteiger partial charge in [0, 0.05) is 24.5 Å². The summed E-state index contributed by atoms with van der Waals surface area (Å²) in [4.78, 5) is 5.41. The van der Waals surface area contributed by atoms with Gasteiger partial charge < -0.3 is 15.4 Å². The van der Waals surface area contributed by atoms with Gasteiger partial charge >= 0.3 is 0 Å². The number of thiophene rings is 1. The number of benzene rings is 1. The highest BCUT2D eigenvalue weighted by Gasteiger charge is 2.04. The van der Waals surface area contributed by atoms with Crippen molar-refractivity contribution >= 4 is 41.3 Å². The maximum Gasteiger partial charge on any atom is 0.191 e. The van der Waals surface area contributed by atoms with E-state index in [0.29, 0.717) is 12.5 Å². The molecule has 4 nitrogen and oxygen atoms in total. The van der Waals surface area contributed by atoms with Crippen LogP contribution >= 0.6 is 35.3 Å². The minimum absolute atomic E-state index is 0. The Morgan fingerprint density at radius 1 is 1.21 bits per heavy atom. The first-order chi connectivity index (χ1) is 11.2. The van der Waals surface area contributed by atoms with Crippen LogP contribution in [0.4, 0.5) is 8.78 Å². The Labute approximate surface area is 161 Å². The van der Waals surface area contributed by atoms with Crippen molar-refractivity contribution in [2.45, 2.75) is 6.42 Å². The van der Waals surface area contributed by atoms with Crippen LogP contribution in [-0.4, -0.2) is 32.7 Å². The summed E-state index contributed by atoms with van der Waals surface area (Å²) >= 11 is 1.72. The lowest BCUT2D eigenvalue weighted by Gasteiger charge is -2.12. The second-order valence-electron chi connectivity index (χ2n) is 4.68. The quantitative estimate of drug-likeness (QED) is 0.284. The van der Waals surface area contributed by atoms with Crippen molar-refractivity contribution in [3.8, 4) is 5.75 Å². The molecule has 0 aliphatic heterocycles. The van der Waals surface area contributed by atoms with Gasteiger partial charge in [0.1, 0.15) is 12.4 Å². The van der Waals surface area contributed by atoms with Crippen LogP contribution in [-0.2, 0) is 6.42 Å². The molecule has 0 atom stereocenters. The summed E-state index contributed by atoms with van der Waals surface area (Å²) in [6, 6.07) is 7.36. The molecule has 0 unspecified atom stereocenters. The van der Waals surface area contributed by atoms with Gasteiger partial charge in [-0.3, -0.25) is 4.99 Å². The normalized spacial score (nSPS) is 10.9. The summed E-state index contributed by atoms with van der Waals surface area (Å²) in [6.45, 7) is 1.47. The zero-order valence-corrected chi connectivity index (χ0v) is 16.4. The summed E-state index contributed by atoms with van der Waals surface area (Å²) in [7, 11) is 1.68. The average Bonchev–Trinajstić information content (AvgIpc) is 3.04. The number of rotatable bonds is 7. The molecular weight excluding hydrogens is 447 g/mol. The first-order valence-corrected chi connectivity index (χ1v) is 8.12. The van der Waals surface area contributed by atoms with Crippen molar-refractivity contribution in [1.29, 1.82) is 0 Å². The van der Waals surface area contributed by atoms with Gasteiger partial charge in [0.25, 0.3) is 0 Å². The fourth-order valence-corrected chi connectivity index (χ4v) is 2.61. The predicted molar refractivity (Wildman–Crippen MR) is 105 cm³/mol. The van der Waals surface area contributed by atoms with Crippen LogP contribution in [0.25, 0.3) is 0 Å². The highest BCUT2D eigenvalue weighted by Crippen LogP contribution is 2.17. The summed E-state index contributed by atoms with van der Waals surface area (Å²) in [5.74, 6) is -0.634. The molecule has 0 aliphatic rings. The molecule has 2 rings (SSSR count). The largest absolute Gasteiger partial charge is 0.489 e. The molecule has 1 aromatic heterocycles. The predicted octanol–water partition coefficient (Wildman–Crippen LogP) is 3.43. The van der Waals surface area contributed by atoms with Crippen molar-refractivity contribution in [3.05, 3.63) is 52.2 Å².